The number of ether oxygens (including phenoxy) is 1. The number of amides is 1. The lowest BCUT2D eigenvalue weighted by Crippen LogP contribution is -2.41. The average molecular weight is 416 g/mol. The summed E-state index contributed by atoms with van der Waals surface area (Å²) in [4.78, 5) is 14.1. The molecule has 0 unspecified atom stereocenters. The van der Waals surface area contributed by atoms with Crippen molar-refractivity contribution in [1.82, 2.24) is 14.2 Å². The molecule has 1 aliphatic rings. The van der Waals surface area contributed by atoms with Crippen LogP contribution in [0.5, 0.6) is 0 Å². The molecule has 0 saturated carbocycles. The number of nitrogens with zero attached hydrogens (tertiary/aromatic N) is 2. The SMILES string of the molecule is COCCN1CCn2cc(S(=O)(=O)NCc3ccc(F)c(Cl)c3)cc2C1=O. The first-order chi connectivity index (χ1) is 12.8. The quantitative estimate of drug-likeness (QED) is 0.748. The van der Waals surface area contributed by atoms with Crippen molar-refractivity contribution in [1.29, 1.82) is 0 Å². The Labute approximate surface area is 161 Å². The van der Waals surface area contributed by atoms with Crippen molar-refractivity contribution >= 4 is 27.5 Å². The Balaban J connectivity index is 1.74. The Kier molecular flexibility index (Phi) is 5.85. The molecule has 1 aromatic carbocycles. The molecular weight excluding hydrogens is 397 g/mol. The van der Waals surface area contributed by atoms with Crippen LogP contribution < -0.4 is 4.72 Å². The molecular formula is C17H19ClFN3O4S. The number of fused-ring (bicyclic) bond motifs is 1. The topological polar surface area (TPSA) is 80.6 Å². The third kappa shape index (κ3) is 4.32. The molecule has 0 aliphatic carbocycles. The predicted molar refractivity (Wildman–Crippen MR) is 97.6 cm³/mol. The maximum Gasteiger partial charge on any atom is 0.270 e. The van der Waals surface area contributed by atoms with E-state index in [-0.39, 0.29) is 22.4 Å². The number of hydrogen-bond donors (Lipinski definition) is 1. The van der Waals surface area contributed by atoms with Gasteiger partial charge >= 0.3 is 0 Å². The van der Waals surface area contributed by atoms with Crippen molar-refractivity contribution in [3.8, 4) is 0 Å². The normalized spacial score (nSPS) is 14.5. The molecule has 0 radical (unpaired) electrons. The lowest BCUT2D eigenvalue weighted by atomic mass is 10.2. The van der Waals surface area contributed by atoms with Gasteiger partial charge in [0.2, 0.25) is 10.0 Å². The van der Waals surface area contributed by atoms with Gasteiger partial charge in [0.05, 0.1) is 11.6 Å². The lowest BCUT2D eigenvalue weighted by Gasteiger charge is -2.27. The molecule has 10 heteroatoms. The molecule has 2 aromatic rings. The number of carbonyl (C=O) groups is 1. The Morgan fingerprint density at radius 2 is 2.07 bits per heavy atom. The molecule has 0 bridgehead atoms. The number of halogens is 2. The number of benzene rings is 1. The van der Waals surface area contributed by atoms with Crippen LogP contribution in [0.1, 0.15) is 16.1 Å². The molecule has 7 nitrogen and oxygen atoms in total. The summed E-state index contributed by atoms with van der Waals surface area (Å²) in [6, 6.07) is 5.35. The van der Waals surface area contributed by atoms with Gasteiger partial charge in [-0.2, -0.15) is 0 Å². The first-order valence-electron chi connectivity index (χ1n) is 8.24. The van der Waals surface area contributed by atoms with Crippen molar-refractivity contribution in [3.05, 3.63) is 52.6 Å². The summed E-state index contributed by atoms with van der Waals surface area (Å²) in [5.74, 6) is -0.801. The van der Waals surface area contributed by atoms with E-state index in [0.717, 1.165) is 0 Å². The van der Waals surface area contributed by atoms with Crippen LogP contribution in [0.3, 0.4) is 0 Å². The predicted octanol–water partition coefficient (Wildman–Crippen LogP) is 1.86. The number of aromatic nitrogens is 1. The smallest absolute Gasteiger partial charge is 0.270 e. The number of hydrogen-bond acceptors (Lipinski definition) is 4. The standard InChI is InChI=1S/C17H19ClFN3O4S/c1-26-7-6-21-4-5-22-11-13(9-16(22)17(21)23)27(24,25)20-10-12-2-3-15(19)14(18)8-12/h2-3,8-9,11,20H,4-7,10H2,1H3. The maximum absolute atomic E-state index is 13.2. The molecule has 1 aromatic heterocycles. The molecule has 1 amide bonds. The van der Waals surface area contributed by atoms with Crippen molar-refractivity contribution in [2.24, 2.45) is 0 Å². The van der Waals surface area contributed by atoms with Gasteiger partial charge in [-0.15, -0.1) is 0 Å². The van der Waals surface area contributed by atoms with Gasteiger partial charge < -0.3 is 14.2 Å². The molecule has 0 fully saturated rings. The van der Waals surface area contributed by atoms with Gasteiger partial charge in [-0.3, -0.25) is 4.79 Å². The first-order valence-corrected chi connectivity index (χ1v) is 10.1. The van der Waals surface area contributed by atoms with Crippen LogP contribution in [0.2, 0.25) is 5.02 Å². The number of sulfonamides is 1. The van der Waals surface area contributed by atoms with Gasteiger partial charge in [-0.25, -0.2) is 17.5 Å². The van der Waals surface area contributed by atoms with Crippen LogP contribution >= 0.6 is 11.6 Å². The summed E-state index contributed by atoms with van der Waals surface area (Å²) in [5.41, 5.74) is 0.846. The van der Waals surface area contributed by atoms with E-state index in [1.807, 2.05) is 0 Å². The van der Waals surface area contributed by atoms with Gasteiger partial charge in [0.1, 0.15) is 16.4 Å². The Hall–Kier alpha value is -1.94. The van der Waals surface area contributed by atoms with Gasteiger partial charge in [0.25, 0.3) is 5.91 Å². The second kappa shape index (κ2) is 7.97. The zero-order valence-corrected chi connectivity index (χ0v) is 16.2. The van der Waals surface area contributed by atoms with Gasteiger partial charge in [-0.1, -0.05) is 17.7 Å². The summed E-state index contributed by atoms with van der Waals surface area (Å²) in [7, 11) is -2.28. The van der Waals surface area contributed by atoms with Crippen molar-refractivity contribution in [2.75, 3.05) is 26.8 Å². The number of nitrogens with one attached hydrogen (secondary N) is 1. The maximum atomic E-state index is 13.2. The Morgan fingerprint density at radius 3 is 2.78 bits per heavy atom. The minimum Gasteiger partial charge on any atom is -0.383 e. The fourth-order valence-electron chi connectivity index (χ4n) is 2.81. The van der Waals surface area contributed by atoms with Crippen LogP contribution in [-0.4, -0.2) is 50.6 Å². The number of carbonyl (C=O) groups excluding carboxylic acids is 1. The molecule has 146 valence electrons. The lowest BCUT2D eigenvalue weighted by molar-refractivity contribution is 0.0641. The largest absolute Gasteiger partial charge is 0.383 e. The second-order valence-corrected chi connectivity index (χ2v) is 8.29. The van der Waals surface area contributed by atoms with Crippen LogP contribution in [0.15, 0.2) is 35.4 Å². The fourth-order valence-corrected chi connectivity index (χ4v) is 4.07. The summed E-state index contributed by atoms with van der Waals surface area (Å²) >= 11 is 5.71. The van der Waals surface area contributed by atoms with Crippen LogP contribution in [0, 0.1) is 5.82 Å². The third-order valence-electron chi connectivity index (χ3n) is 4.31. The highest BCUT2D eigenvalue weighted by molar-refractivity contribution is 7.89. The minimum absolute atomic E-state index is 0.00708. The zero-order chi connectivity index (χ0) is 19.6. The van der Waals surface area contributed by atoms with E-state index in [9.17, 15) is 17.6 Å². The van der Waals surface area contributed by atoms with Gasteiger partial charge in [0, 0.05) is 39.5 Å². The molecule has 27 heavy (non-hydrogen) atoms. The van der Waals surface area contributed by atoms with Crippen LogP contribution in [-0.2, 0) is 27.8 Å². The highest BCUT2D eigenvalue weighted by Crippen LogP contribution is 2.21. The molecule has 1 aliphatic heterocycles. The molecule has 0 atom stereocenters. The second-order valence-electron chi connectivity index (χ2n) is 6.11. The Bertz CT molecular complexity index is 961. The highest BCUT2D eigenvalue weighted by atomic mass is 35.5. The van der Waals surface area contributed by atoms with E-state index >= 15 is 0 Å². The van der Waals surface area contributed by atoms with E-state index in [1.54, 1.807) is 16.6 Å². The monoisotopic (exact) mass is 415 g/mol. The van der Waals surface area contributed by atoms with E-state index in [2.05, 4.69) is 4.72 Å². The Morgan fingerprint density at radius 1 is 1.30 bits per heavy atom. The van der Waals surface area contributed by atoms with Crippen LogP contribution in [0.25, 0.3) is 0 Å². The van der Waals surface area contributed by atoms with E-state index < -0.39 is 15.8 Å². The van der Waals surface area contributed by atoms with Crippen molar-refractivity contribution in [2.45, 2.75) is 18.0 Å². The minimum atomic E-state index is -3.84. The summed E-state index contributed by atoms with van der Waals surface area (Å²) in [5, 5.41) is -0.0761. The molecule has 0 saturated heterocycles. The van der Waals surface area contributed by atoms with Gasteiger partial charge in [-0.05, 0) is 23.8 Å². The third-order valence-corrected chi connectivity index (χ3v) is 5.97. The van der Waals surface area contributed by atoms with Crippen molar-refractivity contribution in [3.63, 3.8) is 0 Å². The highest BCUT2D eigenvalue weighted by Gasteiger charge is 2.28. The number of rotatable bonds is 7. The summed E-state index contributed by atoms with van der Waals surface area (Å²) in [6.07, 6.45) is 1.45. The van der Waals surface area contributed by atoms with E-state index in [4.69, 9.17) is 16.3 Å². The van der Waals surface area contributed by atoms with E-state index in [1.165, 1.54) is 30.5 Å². The first kappa shape index (κ1) is 19.8. The molecule has 3 rings (SSSR count). The molecule has 1 N–H and O–H groups in total. The summed E-state index contributed by atoms with van der Waals surface area (Å²) in [6.45, 7) is 1.82. The van der Waals surface area contributed by atoms with E-state index in [0.29, 0.717) is 37.5 Å². The number of methoxy groups -OCH3 is 1. The van der Waals surface area contributed by atoms with Gasteiger partial charge in [0.15, 0.2) is 0 Å². The average Bonchev–Trinajstić information content (AvgIpc) is 3.08. The fraction of sp³-hybridized carbons (Fsp3) is 0.353. The summed E-state index contributed by atoms with van der Waals surface area (Å²) < 4.78 is 47.4. The molecule has 2 heterocycles. The molecule has 0 spiro atoms. The van der Waals surface area contributed by atoms with Crippen LogP contribution in [0.4, 0.5) is 4.39 Å². The van der Waals surface area contributed by atoms with Crippen molar-refractivity contribution < 1.29 is 22.3 Å². The zero-order valence-electron chi connectivity index (χ0n) is 14.6.